The van der Waals surface area contributed by atoms with Crippen LogP contribution < -0.4 is 10.1 Å². The molecule has 1 aromatic carbocycles. The summed E-state index contributed by atoms with van der Waals surface area (Å²) >= 11 is 0. The number of carbonyl (C=O) groups is 1. The molecule has 0 saturated carbocycles. The van der Waals surface area contributed by atoms with E-state index in [9.17, 15) is 18.0 Å². The van der Waals surface area contributed by atoms with E-state index in [1.807, 2.05) is 38.1 Å². The zero-order chi connectivity index (χ0) is 22.6. The molecule has 1 aliphatic heterocycles. The van der Waals surface area contributed by atoms with E-state index in [1.165, 1.54) is 10.7 Å². The summed E-state index contributed by atoms with van der Waals surface area (Å²) in [6.45, 7) is 3.81. The Kier molecular flexibility index (Phi) is 4.54. The van der Waals surface area contributed by atoms with Gasteiger partial charge in [-0.3, -0.25) is 4.98 Å². The predicted octanol–water partition coefficient (Wildman–Crippen LogP) is 4.70. The summed E-state index contributed by atoms with van der Waals surface area (Å²) in [4.78, 5) is 21.5. The van der Waals surface area contributed by atoms with Crippen molar-refractivity contribution in [2.75, 3.05) is 6.61 Å². The summed E-state index contributed by atoms with van der Waals surface area (Å²) in [6.07, 6.45) is -4.18. The smallest absolute Gasteiger partial charge is 0.433 e. The van der Waals surface area contributed by atoms with E-state index in [1.54, 1.807) is 0 Å². The molecule has 10 heteroatoms. The summed E-state index contributed by atoms with van der Waals surface area (Å²) in [5.74, 6) is -0.122. The van der Waals surface area contributed by atoms with Crippen molar-refractivity contribution in [3.8, 4) is 5.88 Å². The highest BCUT2D eigenvalue weighted by Crippen LogP contribution is 2.35. The number of pyridine rings is 2. The third-order valence-electron chi connectivity index (χ3n) is 5.56. The molecular weight excluding hydrogens is 423 g/mol. The van der Waals surface area contributed by atoms with Gasteiger partial charge in [0.2, 0.25) is 5.88 Å². The maximum absolute atomic E-state index is 13.3. The highest BCUT2D eigenvalue weighted by Gasteiger charge is 2.35. The number of hydrogen-bond acceptors (Lipinski definition) is 5. The number of ether oxygens (including phenoxy) is 1. The first-order valence-electron chi connectivity index (χ1n) is 10.0. The molecule has 3 aromatic heterocycles. The van der Waals surface area contributed by atoms with Crippen molar-refractivity contribution in [1.82, 2.24) is 25.1 Å². The van der Waals surface area contributed by atoms with Crippen LogP contribution in [0, 0.1) is 13.8 Å². The van der Waals surface area contributed by atoms with Crippen LogP contribution in [0.5, 0.6) is 5.88 Å². The second-order valence-corrected chi connectivity index (χ2v) is 7.66. The van der Waals surface area contributed by atoms with Crippen LogP contribution in [0.4, 0.5) is 18.0 Å². The molecule has 0 aliphatic carbocycles. The van der Waals surface area contributed by atoms with Gasteiger partial charge < -0.3 is 10.1 Å². The molecule has 0 saturated heterocycles. The third-order valence-corrected chi connectivity index (χ3v) is 5.56. The number of rotatable bonds is 1. The molecule has 164 valence electrons. The first-order chi connectivity index (χ1) is 15.2. The van der Waals surface area contributed by atoms with E-state index in [0.29, 0.717) is 23.2 Å². The van der Waals surface area contributed by atoms with Gasteiger partial charge in [-0.05, 0) is 32.0 Å². The lowest BCUT2D eigenvalue weighted by atomic mass is 10.0. The van der Waals surface area contributed by atoms with Gasteiger partial charge in [0.05, 0.1) is 29.4 Å². The van der Waals surface area contributed by atoms with Gasteiger partial charge in [0.15, 0.2) is 0 Å². The topological polar surface area (TPSA) is 81.9 Å². The van der Waals surface area contributed by atoms with Gasteiger partial charge >= 0.3 is 12.2 Å². The lowest BCUT2D eigenvalue weighted by molar-refractivity contribution is -0.141. The average molecular weight is 441 g/mol. The lowest BCUT2D eigenvalue weighted by Gasteiger charge is -2.26. The summed E-state index contributed by atoms with van der Waals surface area (Å²) in [5.41, 5.74) is 2.16. The number of hydrogen-bond donors (Lipinski definition) is 1. The number of carbonyl (C=O) groups excluding carboxylic acids is 1. The molecule has 1 aliphatic rings. The minimum Gasteiger partial charge on any atom is -0.477 e. The zero-order valence-electron chi connectivity index (χ0n) is 17.2. The first-order valence-corrected chi connectivity index (χ1v) is 10.0. The average Bonchev–Trinajstić information content (AvgIpc) is 3.11. The van der Waals surface area contributed by atoms with Crippen LogP contribution in [0.1, 0.15) is 35.1 Å². The van der Waals surface area contributed by atoms with E-state index in [4.69, 9.17) is 4.74 Å². The molecule has 1 N–H and O–H groups in total. The number of benzene rings is 1. The van der Waals surface area contributed by atoms with Crippen LogP contribution in [-0.2, 0) is 6.18 Å². The molecule has 1 atom stereocenters. The van der Waals surface area contributed by atoms with Crippen LogP contribution in [-0.4, -0.2) is 32.4 Å². The maximum Gasteiger partial charge on any atom is 0.433 e. The Morgan fingerprint density at radius 2 is 1.91 bits per heavy atom. The van der Waals surface area contributed by atoms with E-state index in [2.05, 4.69) is 20.4 Å². The molecule has 5 rings (SSSR count). The largest absolute Gasteiger partial charge is 0.477 e. The quantitative estimate of drug-likeness (QED) is 0.463. The maximum atomic E-state index is 13.3. The SMILES string of the molecule is Cc1nc2ccccc2c2c1c(C)nn2C(=O)N[C@@H]1CCOc2nc(C(F)(F)F)ccc21. The number of alkyl halides is 3. The molecular formula is C22H18F3N5O2. The van der Waals surface area contributed by atoms with Crippen LogP contribution >= 0.6 is 0 Å². The van der Waals surface area contributed by atoms with Crippen molar-refractivity contribution in [3.05, 3.63) is 59.0 Å². The van der Waals surface area contributed by atoms with Gasteiger partial charge in [0, 0.05) is 28.5 Å². The molecule has 0 unspecified atom stereocenters. The molecule has 1 amide bonds. The Morgan fingerprint density at radius 1 is 1.12 bits per heavy atom. The van der Waals surface area contributed by atoms with E-state index >= 15 is 0 Å². The zero-order valence-corrected chi connectivity index (χ0v) is 17.2. The number of halogens is 3. The molecule has 0 spiro atoms. The summed E-state index contributed by atoms with van der Waals surface area (Å²) in [6, 6.07) is 8.61. The van der Waals surface area contributed by atoms with Crippen LogP contribution in [0.3, 0.4) is 0 Å². The van der Waals surface area contributed by atoms with Gasteiger partial charge in [-0.1, -0.05) is 18.2 Å². The number of aromatic nitrogens is 4. The number of fused-ring (bicyclic) bond motifs is 4. The van der Waals surface area contributed by atoms with Crippen LogP contribution in [0.2, 0.25) is 0 Å². The molecule has 0 fully saturated rings. The number of para-hydroxylation sites is 1. The second-order valence-electron chi connectivity index (χ2n) is 7.66. The molecule has 32 heavy (non-hydrogen) atoms. The minimum atomic E-state index is -4.58. The second kappa shape index (κ2) is 7.18. The van der Waals surface area contributed by atoms with Crippen molar-refractivity contribution in [2.24, 2.45) is 0 Å². The van der Waals surface area contributed by atoms with Crippen LogP contribution in [0.15, 0.2) is 36.4 Å². The van der Waals surface area contributed by atoms with Crippen molar-refractivity contribution < 1.29 is 22.7 Å². The fraction of sp³-hybridized carbons (Fsp3) is 0.273. The van der Waals surface area contributed by atoms with Gasteiger partial charge in [0.1, 0.15) is 5.69 Å². The van der Waals surface area contributed by atoms with E-state index in [-0.39, 0.29) is 12.5 Å². The van der Waals surface area contributed by atoms with E-state index < -0.39 is 23.9 Å². The fourth-order valence-corrected chi connectivity index (χ4v) is 4.14. The Hall–Kier alpha value is -3.69. The van der Waals surface area contributed by atoms with Gasteiger partial charge in [-0.2, -0.15) is 23.0 Å². The minimum absolute atomic E-state index is 0.122. The van der Waals surface area contributed by atoms with Gasteiger partial charge in [-0.15, -0.1) is 0 Å². The predicted molar refractivity (Wildman–Crippen MR) is 111 cm³/mol. The summed E-state index contributed by atoms with van der Waals surface area (Å²) in [5, 5.41) is 8.90. The molecule has 4 aromatic rings. The van der Waals surface area contributed by atoms with Gasteiger partial charge in [0.25, 0.3) is 0 Å². The molecule has 4 heterocycles. The Labute approximate surface area is 180 Å². The Morgan fingerprint density at radius 3 is 2.69 bits per heavy atom. The number of nitrogens with zero attached hydrogens (tertiary/aromatic N) is 4. The Balaban J connectivity index is 1.55. The summed E-state index contributed by atoms with van der Waals surface area (Å²) < 4.78 is 45.6. The molecule has 0 bridgehead atoms. The number of aryl methyl sites for hydroxylation is 2. The molecule has 7 nitrogen and oxygen atoms in total. The van der Waals surface area contributed by atoms with Crippen molar-refractivity contribution >= 4 is 27.8 Å². The number of nitrogens with one attached hydrogen (secondary N) is 1. The fourth-order valence-electron chi connectivity index (χ4n) is 4.14. The normalized spacial score (nSPS) is 16.1. The van der Waals surface area contributed by atoms with Gasteiger partial charge in [-0.25, -0.2) is 9.78 Å². The van der Waals surface area contributed by atoms with Crippen molar-refractivity contribution in [2.45, 2.75) is 32.5 Å². The van der Waals surface area contributed by atoms with Crippen molar-refractivity contribution in [1.29, 1.82) is 0 Å². The highest BCUT2D eigenvalue weighted by molar-refractivity contribution is 6.08. The summed E-state index contributed by atoms with van der Waals surface area (Å²) in [7, 11) is 0. The molecule has 0 radical (unpaired) electrons. The standard InChI is InChI=1S/C22H18F3N5O2/c1-11-18-12(2)29-30(19(18)13-5-3-4-6-15(13)26-11)21(31)27-16-9-10-32-20-14(16)7-8-17(28-20)22(23,24)25/h3-8,16H,9-10H2,1-2H3,(H,27,31)/t16-/m1/s1. The lowest BCUT2D eigenvalue weighted by Crippen LogP contribution is -2.36. The number of amides is 1. The Bertz CT molecular complexity index is 1380. The third kappa shape index (κ3) is 3.22. The van der Waals surface area contributed by atoms with Crippen LogP contribution in [0.25, 0.3) is 21.8 Å². The highest BCUT2D eigenvalue weighted by atomic mass is 19.4. The first kappa shape index (κ1) is 20.2. The van der Waals surface area contributed by atoms with Crippen molar-refractivity contribution in [3.63, 3.8) is 0 Å². The van der Waals surface area contributed by atoms with E-state index in [0.717, 1.165) is 28.0 Å². The monoisotopic (exact) mass is 441 g/mol.